The van der Waals surface area contributed by atoms with Gasteiger partial charge in [-0.3, -0.25) is 9.59 Å². The van der Waals surface area contributed by atoms with Gasteiger partial charge in [-0.25, -0.2) is 9.59 Å². The van der Waals surface area contributed by atoms with E-state index in [0.29, 0.717) is 19.4 Å². The van der Waals surface area contributed by atoms with E-state index in [9.17, 15) is 60.3 Å². The van der Waals surface area contributed by atoms with Crippen molar-refractivity contribution in [3.8, 4) is 5.75 Å². The van der Waals surface area contributed by atoms with Crippen molar-refractivity contribution < 1.29 is 84.1 Å². The average molecular weight is 972 g/mol. The van der Waals surface area contributed by atoms with Crippen molar-refractivity contribution in [3.63, 3.8) is 0 Å². The predicted molar refractivity (Wildman–Crippen MR) is 243 cm³/mol. The van der Waals surface area contributed by atoms with Crippen molar-refractivity contribution in [2.24, 2.45) is 50.2 Å². The van der Waals surface area contributed by atoms with Gasteiger partial charge < -0.3 is 70.2 Å². The molecule has 20 atom stereocenters. The van der Waals surface area contributed by atoms with Crippen LogP contribution in [0.25, 0.3) is 0 Å². The summed E-state index contributed by atoms with van der Waals surface area (Å²) in [5.41, 5.74) is -0.201. The molecule has 6 fully saturated rings. The molecule has 1 aromatic carbocycles. The number of hydrogen-bond acceptors (Lipinski definition) is 15. The lowest BCUT2D eigenvalue weighted by Crippen LogP contribution is -2.68. The number of allylic oxidation sites excluding steroid dienone is 2. The van der Waals surface area contributed by atoms with Crippen LogP contribution in [0.2, 0.25) is 0 Å². The number of rotatable bonds is 12. The van der Waals surface area contributed by atoms with E-state index in [2.05, 4.69) is 39.9 Å². The number of aromatic hydroxyl groups is 1. The Balaban J connectivity index is 1.03. The van der Waals surface area contributed by atoms with Gasteiger partial charge in [-0.05, 0) is 132 Å². The first-order valence-electron chi connectivity index (χ1n) is 24.6. The monoisotopic (exact) mass is 971 g/mol. The van der Waals surface area contributed by atoms with E-state index in [-0.39, 0.29) is 52.0 Å². The molecule has 0 amide bonds. The Morgan fingerprint density at radius 3 is 1.97 bits per heavy atom. The van der Waals surface area contributed by atoms with Crippen LogP contribution in [0, 0.1) is 50.2 Å². The van der Waals surface area contributed by atoms with Crippen LogP contribution >= 0.6 is 0 Å². The van der Waals surface area contributed by atoms with Crippen LogP contribution in [-0.2, 0) is 44.5 Å². The Morgan fingerprint density at radius 2 is 1.35 bits per heavy atom. The molecule has 0 aromatic heterocycles. The Morgan fingerprint density at radius 1 is 0.739 bits per heavy atom. The number of aliphatic hydroxyl groups excluding tert-OH is 5. The highest BCUT2D eigenvalue weighted by Gasteiger charge is 2.70. The molecule has 18 heteroatoms. The molecule has 8 rings (SSSR count). The number of phenols is 1. The first-order valence-corrected chi connectivity index (χ1v) is 24.6. The highest BCUT2D eigenvalue weighted by molar-refractivity contribution is 5.95. The molecule has 4 saturated carbocycles. The first kappa shape index (κ1) is 51.8. The zero-order valence-corrected chi connectivity index (χ0v) is 40.6. The quantitative estimate of drug-likeness (QED) is 0.135. The van der Waals surface area contributed by atoms with Crippen LogP contribution in [0.5, 0.6) is 5.75 Å². The van der Waals surface area contributed by atoms with E-state index in [0.717, 1.165) is 50.5 Å². The molecule has 7 aliphatic rings. The molecule has 2 aliphatic heterocycles. The molecule has 18 nitrogen and oxygen atoms in total. The van der Waals surface area contributed by atoms with Crippen molar-refractivity contribution in [2.45, 2.75) is 186 Å². The molecular weight excluding hydrogens is 899 g/mol. The highest BCUT2D eigenvalue weighted by atomic mass is 16.8. The summed E-state index contributed by atoms with van der Waals surface area (Å²) in [6.45, 7) is 16.0. The van der Waals surface area contributed by atoms with Gasteiger partial charge >= 0.3 is 17.9 Å². The first-order chi connectivity index (χ1) is 32.1. The minimum Gasteiger partial charge on any atom is -0.508 e. The second-order valence-electron chi connectivity index (χ2n) is 23.7. The van der Waals surface area contributed by atoms with Crippen LogP contribution < -0.4 is 5.32 Å². The molecular formula is C51H73NO17. The number of carboxylic acid groups (broad SMARTS) is 3. The fourth-order valence-corrected chi connectivity index (χ4v) is 14.9. The van der Waals surface area contributed by atoms with Gasteiger partial charge in [0.05, 0.1) is 6.10 Å². The molecule has 69 heavy (non-hydrogen) atoms. The average Bonchev–Trinajstić information content (AvgIpc) is 3.27. The van der Waals surface area contributed by atoms with Crippen LogP contribution in [0.3, 0.4) is 0 Å². The summed E-state index contributed by atoms with van der Waals surface area (Å²) in [6.07, 6.45) is -11.1. The lowest BCUT2D eigenvalue weighted by molar-refractivity contribution is -0.371. The van der Waals surface area contributed by atoms with Crippen LogP contribution in [0.4, 0.5) is 0 Å². The third-order valence-corrected chi connectivity index (χ3v) is 19.2. The summed E-state index contributed by atoms with van der Waals surface area (Å²) in [4.78, 5) is 51.8. The number of benzene rings is 1. The lowest BCUT2D eigenvalue weighted by Gasteiger charge is -2.70. The van der Waals surface area contributed by atoms with E-state index in [1.165, 1.54) is 5.57 Å². The standard InChI is InChI=1S/C51H73NO17/c1-46(2)30-12-15-51(7)40(29(54)21-26-27-22-47(3,16-17-48(27,4)18-19-50(26,51)6)23-52-28(41(60)61)20-24-8-10-25(53)11-9-24)49(30,5)14-13-31(46)66-45-39(35(58)34(57)38(68-45)43(64)65)69-44-36(59)32(55)33(56)37(67-44)42(62)63/h8-11,21,27-28,30-40,44-45,52-53,55-59H,12-20,22-23H2,1-7H3,(H,60,61)(H,62,63)(H,64,65)/t27-,28-,30-,31-,32-,33-,34-,35-,36+,37-,38-,39+,40+,44-,45+,47-,48+,49-,50+,51+/m0/s1. The Labute approximate surface area is 402 Å². The molecule has 384 valence electrons. The van der Waals surface area contributed by atoms with Gasteiger partial charge in [0, 0.05) is 12.5 Å². The number of carbonyl (C=O) groups is 4. The normalized spacial score (nSPS) is 46.5. The third kappa shape index (κ3) is 8.65. The number of ether oxygens (including phenoxy) is 4. The smallest absolute Gasteiger partial charge is 0.335 e. The van der Waals surface area contributed by atoms with Gasteiger partial charge in [-0.15, -0.1) is 0 Å². The summed E-state index contributed by atoms with van der Waals surface area (Å²) in [6, 6.07) is 5.76. The molecule has 2 heterocycles. The summed E-state index contributed by atoms with van der Waals surface area (Å²) >= 11 is 0. The Kier molecular flexibility index (Phi) is 13.6. The van der Waals surface area contributed by atoms with E-state index >= 15 is 4.79 Å². The Hall–Kier alpha value is -3.56. The zero-order valence-electron chi connectivity index (χ0n) is 40.6. The van der Waals surface area contributed by atoms with E-state index < -0.39 is 108 Å². The highest BCUT2D eigenvalue weighted by Crippen LogP contribution is 2.75. The fourth-order valence-electron chi connectivity index (χ4n) is 14.9. The molecule has 10 N–H and O–H groups in total. The number of fused-ring (bicyclic) bond motifs is 7. The van der Waals surface area contributed by atoms with Crippen LogP contribution in [-0.4, -0.2) is 150 Å². The molecule has 1 aromatic rings. The van der Waals surface area contributed by atoms with Crippen LogP contribution in [0.15, 0.2) is 35.9 Å². The van der Waals surface area contributed by atoms with Gasteiger partial charge in [0.1, 0.15) is 48.4 Å². The van der Waals surface area contributed by atoms with Crippen LogP contribution in [0.1, 0.15) is 112 Å². The lowest BCUT2D eigenvalue weighted by atomic mass is 9.33. The molecule has 2 saturated heterocycles. The zero-order chi connectivity index (χ0) is 50.6. The third-order valence-electron chi connectivity index (χ3n) is 19.2. The summed E-state index contributed by atoms with van der Waals surface area (Å²) in [7, 11) is 0. The van der Waals surface area contributed by atoms with Crippen molar-refractivity contribution >= 4 is 23.7 Å². The number of carbonyl (C=O) groups excluding carboxylic acids is 1. The topological polar surface area (TPSA) is 299 Å². The van der Waals surface area contributed by atoms with Gasteiger partial charge in [0.15, 0.2) is 30.6 Å². The fraction of sp³-hybridized carbons (Fsp3) is 0.765. The number of ketones is 1. The van der Waals surface area contributed by atoms with E-state index in [1.807, 2.05) is 19.9 Å². The maximum absolute atomic E-state index is 15.2. The largest absolute Gasteiger partial charge is 0.508 e. The predicted octanol–water partition coefficient (Wildman–Crippen LogP) is 3.15. The molecule has 0 spiro atoms. The minimum atomic E-state index is -2.06. The number of phenolic OH excluding ortho intramolecular Hbond substituents is 1. The van der Waals surface area contributed by atoms with E-state index in [4.69, 9.17) is 18.9 Å². The Bertz CT molecular complexity index is 2180. The SMILES string of the molecule is CC1(C)[C@@H](O[C@@H]2O[C@H](C(=O)O)[C@@H](O)[C@H](O)[C@H]2O[C@@H]2O[C@H](C(=O)O)[C@@H](O)[C@H](O)[C@H]2O)CC[C@]2(C)[C@H]3C(=O)C=C4[C@@H]5C[C@@](C)(CN[C@@H](Cc6ccc(O)cc6)C(=O)O)CC[C@]5(C)CC[C@@]4(C)[C@]3(C)CC[C@@H]12. The number of carboxylic acids is 3. The van der Waals surface area contributed by atoms with E-state index in [1.54, 1.807) is 24.3 Å². The molecule has 5 aliphatic carbocycles. The van der Waals surface area contributed by atoms with Crippen molar-refractivity contribution in [1.29, 1.82) is 0 Å². The van der Waals surface area contributed by atoms with Gasteiger partial charge in [-0.2, -0.15) is 0 Å². The van der Waals surface area contributed by atoms with Crippen molar-refractivity contribution in [1.82, 2.24) is 5.32 Å². The summed E-state index contributed by atoms with van der Waals surface area (Å²) in [5.74, 6) is -4.33. The van der Waals surface area contributed by atoms with Gasteiger partial charge in [0.25, 0.3) is 0 Å². The maximum atomic E-state index is 15.2. The molecule has 0 bridgehead atoms. The number of aliphatic hydroxyl groups is 5. The summed E-state index contributed by atoms with van der Waals surface area (Å²) < 4.78 is 23.6. The van der Waals surface area contributed by atoms with Gasteiger partial charge in [0.2, 0.25) is 0 Å². The van der Waals surface area contributed by atoms with Crippen molar-refractivity contribution in [2.75, 3.05) is 6.54 Å². The van der Waals surface area contributed by atoms with Crippen molar-refractivity contribution in [3.05, 3.63) is 41.5 Å². The second kappa shape index (κ2) is 18.2. The second-order valence-corrected chi connectivity index (χ2v) is 23.7. The molecule has 0 unspecified atom stereocenters. The molecule has 0 radical (unpaired) electrons. The minimum absolute atomic E-state index is 0.0304. The number of aliphatic carboxylic acids is 3. The maximum Gasteiger partial charge on any atom is 0.335 e. The number of hydrogen-bond donors (Lipinski definition) is 10. The number of nitrogens with one attached hydrogen (secondary N) is 1. The summed E-state index contributed by atoms with van der Waals surface area (Å²) in [5, 5.41) is 96.7. The van der Waals surface area contributed by atoms with Gasteiger partial charge in [-0.1, -0.05) is 66.2 Å².